The van der Waals surface area contributed by atoms with Crippen molar-refractivity contribution >= 4 is 27.7 Å². The Morgan fingerprint density at radius 3 is 2.76 bits per heavy atom. The van der Waals surface area contributed by atoms with Gasteiger partial charge in [0.15, 0.2) is 0 Å². The number of pyridine rings is 1. The van der Waals surface area contributed by atoms with Gasteiger partial charge in [0, 0.05) is 22.7 Å². The van der Waals surface area contributed by atoms with E-state index in [4.69, 9.17) is 5.73 Å². The first kappa shape index (κ1) is 13.8. The Balaban J connectivity index is 3.28. The minimum Gasteiger partial charge on any atom is -0.469 e. The van der Waals surface area contributed by atoms with Crippen molar-refractivity contribution in [3.8, 4) is 0 Å². The number of nitrogen functional groups attached to an aromatic ring is 1. The van der Waals surface area contributed by atoms with E-state index in [1.54, 1.807) is 0 Å². The van der Waals surface area contributed by atoms with Gasteiger partial charge in [-0.1, -0.05) is 15.9 Å². The topological polar surface area (TPSA) is 65.2 Å². The third-order valence-electron chi connectivity index (χ3n) is 2.25. The smallest absolute Gasteiger partial charge is 0.310 e. The molecule has 0 saturated carbocycles. The molecule has 0 radical (unpaired) electrons. The average Bonchev–Trinajstić information content (AvgIpc) is 2.30. The summed E-state index contributed by atoms with van der Waals surface area (Å²) >= 11 is 3.09. The summed E-state index contributed by atoms with van der Waals surface area (Å²) in [4.78, 5) is 14.9. The van der Waals surface area contributed by atoms with Gasteiger partial charge in [-0.25, -0.2) is 13.8 Å². The summed E-state index contributed by atoms with van der Waals surface area (Å²) in [6.07, 6.45) is -1.75. The molecule has 7 heteroatoms. The number of anilines is 1. The molecule has 0 aliphatic heterocycles. The van der Waals surface area contributed by atoms with Gasteiger partial charge in [-0.15, -0.1) is 0 Å². The van der Waals surface area contributed by atoms with Crippen LogP contribution in [0.4, 0.5) is 14.6 Å². The van der Waals surface area contributed by atoms with Crippen LogP contribution in [-0.4, -0.2) is 18.1 Å². The average molecular weight is 309 g/mol. The van der Waals surface area contributed by atoms with Gasteiger partial charge >= 0.3 is 5.97 Å². The van der Waals surface area contributed by atoms with Crippen molar-refractivity contribution in [1.82, 2.24) is 4.98 Å². The Hall–Kier alpha value is -1.24. The predicted molar refractivity (Wildman–Crippen MR) is 62.0 cm³/mol. The van der Waals surface area contributed by atoms with E-state index in [1.165, 1.54) is 13.3 Å². The minimum absolute atomic E-state index is 0.0313. The van der Waals surface area contributed by atoms with Crippen LogP contribution in [0.15, 0.2) is 6.20 Å². The second-order valence-electron chi connectivity index (χ2n) is 3.25. The molecule has 0 aromatic carbocycles. The van der Waals surface area contributed by atoms with E-state index >= 15 is 0 Å². The molecule has 94 valence electrons. The quantitative estimate of drug-likeness (QED) is 0.684. The van der Waals surface area contributed by atoms with E-state index < -0.39 is 12.4 Å². The van der Waals surface area contributed by atoms with E-state index in [1.807, 2.05) is 0 Å². The first-order chi connectivity index (χ1) is 8.01. The molecule has 1 aromatic rings. The van der Waals surface area contributed by atoms with Crippen molar-refractivity contribution in [3.05, 3.63) is 22.9 Å². The van der Waals surface area contributed by atoms with Crippen molar-refractivity contribution in [2.45, 2.75) is 18.2 Å². The highest BCUT2D eigenvalue weighted by atomic mass is 79.9. The molecule has 1 aromatic heterocycles. The van der Waals surface area contributed by atoms with Gasteiger partial charge < -0.3 is 10.5 Å². The van der Waals surface area contributed by atoms with Gasteiger partial charge in [-0.3, -0.25) is 4.79 Å². The highest BCUT2D eigenvalue weighted by Gasteiger charge is 2.22. The van der Waals surface area contributed by atoms with Crippen LogP contribution >= 0.6 is 15.9 Å². The minimum atomic E-state index is -2.72. The van der Waals surface area contributed by atoms with Crippen LogP contribution in [0.5, 0.6) is 0 Å². The number of nitrogens with zero attached hydrogens (tertiary/aromatic N) is 1. The number of nitrogens with two attached hydrogens (primary N) is 1. The number of carbonyl (C=O) groups is 1. The highest BCUT2D eigenvalue weighted by Crippen LogP contribution is 2.31. The maximum absolute atomic E-state index is 13.0. The maximum atomic E-state index is 13.0. The lowest BCUT2D eigenvalue weighted by Gasteiger charge is -2.13. The summed E-state index contributed by atoms with van der Waals surface area (Å²) in [6.45, 7) is 0. The number of aromatic nitrogens is 1. The summed E-state index contributed by atoms with van der Waals surface area (Å²) in [6, 6.07) is 0. The normalized spacial score (nSPS) is 10.6. The molecule has 0 fully saturated rings. The molecule has 0 amide bonds. The molecule has 1 rings (SSSR count). The van der Waals surface area contributed by atoms with Gasteiger partial charge in [0.05, 0.1) is 13.5 Å². The molecular weight excluding hydrogens is 298 g/mol. The number of methoxy groups -OCH3 is 1. The van der Waals surface area contributed by atoms with Gasteiger partial charge in [-0.2, -0.15) is 0 Å². The highest BCUT2D eigenvalue weighted by molar-refractivity contribution is 9.08. The first-order valence-electron chi connectivity index (χ1n) is 4.68. The van der Waals surface area contributed by atoms with E-state index in [2.05, 4.69) is 25.7 Å². The van der Waals surface area contributed by atoms with Crippen molar-refractivity contribution < 1.29 is 18.3 Å². The lowest BCUT2D eigenvalue weighted by molar-refractivity contribution is -0.139. The fraction of sp³-hybridized carbons (Fsp3) is 0.400. The van der Waals surface area contributed by atoms with Crippen molar-refractivity contribution in [1.29, 1.82) is 0 Å². The van der Waals surface area contributed by atoms with Gasteiger partial charge in [-0.05, 0) is 5.56 Å². The molecule has 2 N–H and O–H groups in total. The van der Waals surface area contributed by atoms with Crippen molar-refractivity contribution in [3.63, 3.8) is 0 Å². The van der Waals surface area contributed by atoms with E-state index in [-0.39, 0.29) is 28.7 Å². The van der Waals surface area contributed by atoms with Gasteiger partial charge in [0.25, 0.3) is 6.43 Å². The number of esters is 1. The number of alkyl halides is 3. The summed E-state index contributed by atoms with van der Waals surface area (Å²) < 4.78 is 30.3. The standard InChI is InChI=1S/C10H11BrF2N2O2/c1-17-7(16)2-6-8(9(12)13)5(3-11)4-15-10(6)14/h4,9H,2-3H2,1H3,(H2,14,15). The Morgan fingerprint density at radius 1 is 1.65 bits per heavy atom. The Morgan fingerprint density at radius 2 is 2.29 bits per heavy atom. The molecular formula is C10H11BrF2N2O2. The molecule has 0 spiro atoms. The molecule has 17 heavy (non-hydrogen) atoms. The summed E-state index contributed by atoms with van der Waals surface area (Å²) in [7, 11) is 1.18. The van der Waals surface area contributed by atoms with E-state index in [9.17, 15) is 13.6 Å². The van der Waals surface area contributed by atoms with Crippen LogP contribution in [0.2, 0.25) is 0 Å². The number of ether oxygens (including phenoxy) is 1. The van der Waals surface area contributed by atoms with Crippen LogP contribution in [0.1, 0.15) is 23.1 Å². The third-order valence-corrected chi connectivity index (χ3v) is 2.85. The van der Waals surface area contributed by atoms with Crippen LogP contribution in [0.25, 0.3) is 0 Å². The lowest BCUT2D eigenvalue weighted by atomic mass is 10.0. The van der Waals surface area contributed by atoms with Gasteiger partial charge in [0.2, 0.25) is 0 Å². The SMILES string of the molecule is COC(=O)Cc1c(N)ncc(CBr)c1C(F)F. The first-order valence-corrected chi connectivity index (χ1v) is 5.80. The van der Waals surface area contributed by atoms with Crippen LogP contribution in [0.3, 0.4) is 0 Å². The summed E-state index contributed by atoms with van der Waals surface area (Å²) in [5.41, 5.74) is 5.61. The molecule has 1 heterocycles. The largest absolute Gasteiger partial charge is 0.469 e. The number of halogens is 3. The zero-order valence-electron chi connectivity index (χ0n) is 9.04. The second-order valence-corrected chi connectivity index (χ2v) is 3.81. The molecule has 0 atom stereocenters. The van der Waals surface area contributed by atoms with Crippen molar-refractivity contribution in [2.24, 2.45) is 0 Å². The zero-order chi connectivity index (χ0) is 13.0. The Kier molecular flexibility index (Phi) is 4.80. The van der Waals surface area contributed by atoms with E-state index in [0.29, 0.717) is 5.56 Å². The fourth-order valence-corrected chi connectivity index (χ4v) is 1.85. The monoisotopic (exact) mass is 308 g/mol. The molecule has 0 bridgehead atoms. The second kappa shape index (κ2) is 5.90. The molecule has 0 aliphatic rings. The molecule has 4 nitrogen and oxygen atoms in total. The third kappa shape index (κ3) is 3.12. The number of carbonyl (C=O) groups excluding carboxylic acids is 1. The number of rotatable bonds is 4. The zero-order valence-corrected chi connectivity index (χ0v) is 10.6. The lowest BCUT2D eigenvalue weighted by Crippen LogP contribution is -2.12. The Bertz CT molecular complexity index is 427. The fourth-order valence-electron chi connectivity index (χ4n) is 1.41. The maximum Gasteiger partial charge on any atom is 0.310 e. The summed E-state index contributed by atoms with van der Waals surface area (Å²) in [5, 5.41) is 0.216. The predicted octanol–water partition coefficient (Wildman–Crippen LogP) is 2.21. The molecule has 0 saturated heterocycles. The van der Waals surface area contributed by atoms with Crippen LogP contribution in [0, 0.1) is 0 Å². The number of hydrogen-bond acceptors (Lipinski definition) is 4. The number of hydrogen-bond donors (Lipinski definition) is 1. The van der Waals surface area contributed by atoms with E-state index in [0.717, 1.165) is 0 Å². The molecule has 0 unspecified atom stereocenters. The molecule has 0 aliphatic carbocycles. The summed E-state index contributed by atoms with van der Waals surface area (Å²) in [5.74, 6) is -0.706. The van der Waals surface area contributed by atoms with Crippen LogP contribution < -0.4 is 5.73 Å². The van der Waals surface area contributed by atoms with Crippen molar-refractivity contribution in [2.75, 3.05) is 12.8 Å². The van der Waals surface area contributed by atoms with Crippen LogP contribution in [-0.2, 0) is 21.3 Å². The van der Waals surface area contributed by atoms with Gasteiger partial charge in [0.1, 0.15) is 5.82 Å². The Labute approximate surface area is 105 Å².